The van der Waals surface area contributed by atoms with Crippen LogP contribution in [0, 0.1) is 0 Å². The van der Waals surface area contributed by atoms with Crippen molar-refractivity contribution in [1.82, 2.24) is 4.98 Å². The Morgan fingerprint density at radius 3 is 1.62 bits per heavy atom. The summed E-state index contributed by atoms with van der Waals surface area (Å²) in [6.45, 7) is 0. The van der Waals surface area contributed by atoms with E-state index in [0.29, 0.717) is 0 Å². The van der Waals surface area contributed by atoms with E-state index in [-0.39, 0.29) is 0 Å². The molecule has 0 aliphatic heterocycles. The SMILES string of the molecule is CNc1ccc2ccc(C[PH](c3ccccc3)(c3ccccc3)c3ccccc3)cc2n1. The Bertz CT molecular complexity index is 1220. The Morgan fingerprint density at radius 2 is 1.12 bits per heavy atom. The summed E-state index contributed by atoms with van der Waals surface area (Å²) in [7, 11) is -0.404. The maximum atomic E-state index is 4.81. The van der Waals surface area contributed by atoms with Crippen LogP contribution in [0.5, 0.6) is 0 Å². The first-order chi connectivity index (χ1) is 15.8. The van der Waals surface area contributed by atoms with Gasteiger partial charge in [-0.1, -0.05) is 0 Å². The van der Waals surface area contributed by atoms with Gasteiger partial charge in [-0.2, -0.15) is 0 Å². The molecule has 0 aliphatic rings. The van der Waals surface area contributed by atoms with Crippen LogP contribution in [-0.2, 0) is 6.16 Å². The molecule has 158 valence electrons. The summed E-state index contributed by atoms with van der Waals surface area (Å²) in [6, 6.07) is 44.1. The molecule has 0 saturated carbocycles. The van der Waals surface area contributed by atoms with Crippen LogP contribution in [-0.4, -0.2) is 12.0 Å². The number of rotatable bonds is 6. The third kappa shape index (κ3) is 3.79. The van der Waals surface area contributed by atoms with Gasteiger partial charge in [-0.15, -0.1) is 0 Å². The fourth-order valence-electron chi connectivity index (χ4n) is 4.69. The van der Waals surface area contributed by atoms with Gasteiger partial charge in [0.05, 0.1) is 0 Å². The zero-order valence-electron chi connectivity index (χ0n) is 18.2. The molecule has 5 aromatic rings. The summed E-state index contributed by atoms with van der Waals surface area (Å²) in [6.07, 6.45) is 0.979. The molecule has 0 amide bonds. The Kier molecular flexibility index (Phi) is 5.71. The van der Waals surface area contributed by atoms with Crippen molar-refractivity contribution in [2.45, 2.75) is 6.16 Å². The quantitative estimate of drug-likeness (QED) is 0.357. The van der Waals surface area contributed by atoms with Crippen molar-refractivity contribution in [3.05, 3.63) is 127 Å². The van der Waals surface area contributed by atoms with E-state index in [2.05, 4.69) is 121 Å². The average Bonchev–Trinajstić information content (AvgIpc) is 2.88. The zero-order chi connectivity index (χ0) is 21.8. The third-order valence-electron chi connectivity index (χ3n) is 6.28. The predicted molar refractivity (Wildman–Crippen MR) is 142 cm³/mol. The van der Waals surface area contributed by atoms with E-state index in [1.54, 1.807) is 0 Å². The molecular weight excluding hydrogens is 407 g/mol. The van der Waals surface area contributed by atoms with Crippen molar-refractivity contribution in [1.29, 1.82) is 0 Å². The average molecular weight is 435 g/mol. The molecule has 0 unspecified atom stereocenters. The van der Waals surface area contributed by atoms with Crippen LogP contribution in [0.15, 0.2) is 121 Å². The van der Waals surface area contributed by atoms with Gasteiger partial charge in [0.1, 0.15) is 0 Å². The Balaban J connectivity index is 1.74. The second kappa shape index (κ2) is 8.94. The molecule has 4 aromatic carbocycles. The van der Waals surface area contributed by atoms with Gasteiger partial charge in [0.15, 0.2) is 0 Å². The van der Waals surface area contributed by atoms with Crippen LogP contribution in [0.25, 0.3) is 10.9 Å². The number of aromatic nitrogens is 1. The minimum atomic E-state index is -2.32. The number of hydrogen-bond donors (Lipinski definition) is 1. The first-order valence-corrected chi connectivity index (χ1v) is 13.2. The van der Waals surface area contributed by atoms with E-state index in [9.17, 15) is 0 Å². The molecule has 5 rings (SSSR count). The zero-order valence-corrected chi connectivity index (χ0v) is 19.2. The molecule has 0 bridgehead atoms. The molecule has 0 saturated heterocycles. The Morgan fingerprint density at radius 1 is 0.625 bits per heavy atom. The first-order valence-electron chi connectivity index (χ1n) is 11.0. The number of benzene rings is 4. The van der Waals surface area contributed by atoms with E-state index in [1.165, 1.54) is 26.9 Å². The second-order valence-corrected chi connectivity index (χ2v) is 12.0. The molecule has 1 N–H and O–H groups in total. The summed E-state index contributed by atoms with van der Waals surface area (Å²) in [5, 5.41) is 8.60. The van der Waals surface area contributed by atoms with Gasteiger partial charge in [0.25, 0.3) is 0 Å². The molecule has 0 radical (unpaired) electrons. The summed E-state index contributed by atoms with van der Waals surface area (Å²) in [5.41, 5.74) is 2.35. The molecule has 0 atom stereocenters. The van der Waals surface area contributed by atoms with Gasteiger partial charge in [0.2, 0.25) is 0 Å². The summed E-state index contributed by atoms with van der Waals surface area (Å²) < 4.78 is 0. The van der Waals surface area contributed by atoms with Gasteiger partial charge in [-0.05, 0) is 0 Å². The van der Waals surface area contributed by atoms with Crippen LogP contribution in [0.1, 0.15) is 5.56 Å². The number of nitrogens with zero attached hydrogens (tertiary/aromatic N) is 1. The van der Waals surface area contributed by atoms with E-state index >= 15 is 0 Å². The molecule has 0 spiro atoms. The van der Waals surface area contributed by atoms with Gasteiger partial charge >= 0.3 is 190 Å². The van der Waals surface area contributed by atoms with Crippen LogP contribution < -0.4 is 21.2 Å². The summed E-state index contributed by atoms with van der Waals surface area (Å²) in [5.74, 6) is 0.896. The molecular formula is C29H27N2P. The van der Waals surface area contributed by atoms with Crippen molar-refractivity contribution < 1.29 is 0 Å². The molecule has 0 fully saturated rings. The molecule has 1 heterocycles. The monoisotopic (exact) mass is 434 g/mol. The van der Waals surface area contributed by atoms with Crippen molar-refractivity contribution in [2.24, 2.45) is 0 Å². The van der Waals surface area contributed by atoms with Gasteiger partial charge in [-0.3, -0.25) is 0 Å². The van der Waals surface area contributed by atoms with Gasteiger partial charge in [-0.25, -0.2) is 0 Å². The van der Waals surface area contributed by atoms with Crippen LogP contribution >= 0.6 is 7.26 Å². The number of pyridine rings is 1. The maximum absolute atomic E-state index is 4.81. The number of anilines is 1. The third-order valence-corrected chi connectivity index (χ3v) is 11.2. The predicted octanol–water partition coefficient (Wildman–Crippen LogP) is 5.50. The Labute approximate surface area is 190 Å². The van der Waals surface area contributed by atoms with Crippen LogP contribution in [0.4, 0.5) is 5.82 Å². The molecule has 32 heavy (non-hydrogen) atoms. The number of hydrogen-bond acceptors (Lipinski definition) is 2. The number of fused-ring (bicyclic) bond motifs is 1. The van der Waals surface area contributed by atoms with E-state index in [0.717, 1.165) is 17.5 Å². The van der Waals surface area contributed by atoms with Crippen molar-refractivity contribution >= 4 is 39.9 Å². The second-order valence-electron chi connectivity index (χ2n) is 8.15. The summed E-state index contributed by atoms with van der Waals surface area (Å²) in [4.78, 5) is 4.81. The molecule has 1 aromatic heterocycles. The van der Waals surface area contributed by atoms with E-state index in [4.69, 9.17) is 4.98 Å². The van der Waals surface area contributed by atoms with E-state index < -0.39 is 7.26 Å². The van der Waals surface area contributed by atoms with Crippen LogP contribution in [0.2, 0.25) is 0 Å². The molecule has 2 nitrogen and oxygen atoms in total. The van der Waals surface area contributed by atoms with Crippen molar-refractivity contribution in [3.8, 4) is 0 Å². The van der Waals surface area contributed by atoms with Crippen LogP contribution in [0.3, 0.4) is 0 Å². The topological polar surface area (TPSA) is 24.9 Å². The molecule has 3 heteroatoms. The minimum absolute atomic E-state index is 0.896. The van der Waals surface area contributed by atoms with Gasteiger partial charge < -0.3 is 0 Å². The first kappa shape index (κ1) is 20.4. The van der Waals surface area contributed by atoms with Crippen molar-refractivity contribution in [2.75, 3.05) is 12.4 Å². The standard InChI is InChI=1S/C29H27N2P/c1-30-29-20-19-24-18-17-23(21-28(24)31-29)22-32(25-11-5-2-6-12-25,26-13-7-3-8-14-26)27-15-9-4-10-16-27/h2-21,32H,22H2,1H3,(H,30,31). The number of nitrogens with one attached hydrogen (secondary N) is 1. The van der Waals surface area contributed by atoms with E-state index in [1.807, 2.05) is 13.1 Å². The fraction of sp³-hybridized carbons (Fsp3) is 0.0690. The summed E-state index contributed by atoms with van der Waals surface area (Å²) >= 11 is 0. The van der Waals surface area contributed by atoms with Crippen molar-refractivity contribution in [3.63, 3.8) is 0 Å². The van der Waals surface area contributed by atoms with Gasteiger partial charge in [0, 0.05) is 0 Å². The molecule has 0 aliphatic carbocycles. The fourth-order valence-corrected chi connectivity index (χ4v) is 9.42. The Hall–Kier alpha value is -3.48. The normalized spacial score (nSPS) is 11.9.